The van der Waals surface area contributed by atoms with Crippen molar-refractivity contribution in [1.29, 1.82) is 0 Å². The Morgan fingerprint density at radius 3 is 2.00 bits per heavy atom. The van der Waals surface area contributed by atoms with Gasteiger partial charge in [0.05, 0.1) is 0 Å². The second-order valence-corrected chi connectivity index (χ2v) is 7.81. The van der Waals surface area contributed by atoms with Crippen molar-refractivity contribution in [2.45, 2.75) is 96.4 Å². The summed E-state index contributed by atoms with van der Waals surface area (Å²) in [5.41, 5.74) is 6.00. The number of benzene rings is 1. The maximum atomic E-state index is 12.2. The van der Waals surface area contributed by atoms with Crippen molar-refractivity contribution in [3.05, 3.63) is 48.0 Å². The predicted octanol–water partition coefficient (Wildman–Crippen LogP) is 5.92. The highest BCUT2D eigenvalue weighted by Crippen LogP contribution is 2.10. The lowest BCUT2D eigenvalue weighted by Gasteiger charge is -2.15. The molecule has 0 aliphatic heterocycles. The number of primary amides is 1. The van der Waals surface area contributed by atoms with Crippen molar-refractivity contribution in [2.24, 2.45) is 5.73 Å². The maximum absolute atomic E-state index is 12.2. The van der Waals surface area contributed by atoms with Crippen LogP contribution in [0.4, 0.5) is 0 Å². The fourth-order valence-corrected chi connectivity index (χ4v) is 3.36. The van der Waals surface area contributed by atoms with E-state index in [1.807, 2.05) is 6.07 Å². The summed E-state index contributed by atoms with van der Waals surface area (Å²) < 4.78 is 0. The quantitative estimate of drug-likeness (QED) is 0.252. The van der Waals surface area contributed by atoms with Crippen LogP contribution in [0, 0.1) is 0 Å². The summed E-state index contributed by atoms with van der Waals surface area (Å²) in [6, 6.07) is 8.32. The van der Waals surface area contributed by atoms with Gasteiger partial charge in [0.15, 0.2) is 0 Å². The van der Waals surface area contributed by atoms with E-state index in [4.69, 9.17) is 5.73 Å². The first-order valence-electron chi connectivity index (χ1n) is 11.5. The highest BCUT2D eigenvalue weighted by molar-refractivity contribution is 5.97. The van der Waals surface area contributed by atoms with Gasteiger partial charge in [0, 0.05) is 5.56 Å². The lowest BCUT2D eigenvalue weighted by Crippen LogP contribution is -2.44. The first-order chi connectivity index (χ1) is 14.1. The SMILES string of the molecule is CCCCCCCC/C=C\CCCCCCC(NC(=O)c1ccccc1)C(N)=O. The largest absolute Gasteiger partial charge is 0.368 e. The highest BCUT2D eigenvalue weighted by Gasteiger charge is 2.18. The van der Waals surface area contributed by atoms with E-state index < -0.39 is 11.9 Å². The zero-order valence-electron chi connectivity index (χ0n) is 18.2. The van der Waals surface area contributed by atoms with E-state index in [9.17, 15) is 9.59 Å². The van der Waals surface area contributed by atoms with Crippen molar-refractivity contribution in [3.63, 3.8) is 0 Å². The van der Waals surface area contributed by atoms with Crippen molar-refractivity contribution in [1.82, 2.24) is 5.32 Å². The van der Waals surface area contributed by atoms with Gasteiger partial charge < -0.3 is 11.1 Å². The van der Waals surface area contributed by atoms with E-state index in [0.29, 0.717) is 12.0 Å². The standard InChI is InChI=1S/C25H40N2O2/c1-2-3-4-5-6-7-8-9-10-11-12-13-14-18-21-23(24(26)28)27-25(29)22-19-16-15-17-20-22/h9-10,15-17,19-20,23H,2-8,11-14,18,21H2,1H3,(H2,26,28)(H,27,29)/b10-9-. The van der Waals surface area contributed by atoms with Crippen molar-refractivity contribution in [3.8, 4) is 0 Å². The Kier molecular flexibility index (Phi) is 14.5. The summed E-state index contributed by atoms with van der Waals surface area (Å²) in [6.45, 7) is 2.25. The number of rotatable bonds is 17. The zero-order chi connectivity index (χ0) is 21.2. The topological polar surface area (TPSA) is 72.2 Å². The number of carbonyl (C=O) groups is 2. The van der Waals surface area contributed by atoms with Crippen LogP contribution in [0.5, 0.6) is 0 Å². The van der Waals surface area contributed by atoms with Crippen LogP contribution in [0.3, 0.4) is 0 Å². The summed E-state index contributed by atoms with van der Waals surface area (Å²) in [5, 5.41) is 2.75. The normalized spacial score (nSPS) is 12.2. The minimum Gasteiger partial charge on any atom is -0.368 e. The number of amides is 2. The van der Waals surface area contributed by atoms with Gasteiger partial charge in [0.2, 0.25) is 5.91 Å². The number of nitrogens with one attached hydrogen (secondary N) is 1. The Labute approximate surface area is 177 Å². The molecule has 0 aliphatic carbocycles. The van der Waals surface area contributed by atoms with E-state index in [1.54, 1.807) is 24.3 Å². The number of carbonyl (C=O) groups excluding carboxylic acids is 2. The third kappa shape index (κ3) is 12.9. The van der Waals surface area contributed by atoms with Gasteiger partial charge in [-0.25, -0.2) is 0 Å². The molecule has 1 unspecified atom stereocenters. The molecule has 0 spiro atoms. The fourth-order valence-electron chi connectivity index (χ4n) is 3.36. The van der Waals surface area contributed by atoms with E-state index in [1.165, 1.54) is 51.4 Å². The molecule has 1 rings (SSSR count). The molecule has 0 bridgehead atoms. The molecule has 4 nitrogen and oxygen atoms in total. The average Bonchev–Trinajstić information content (AvgIpc) is 2.73. The summed E-state index contributed by atoms with van der Waals surface area (Å²) >= 11 is 0. The Balaban J connectivity index is 2.06. The number of nitrogens with two attached hydrogens (primary N) is 1. The molecule has 0 aromatic heterocycles. The molecule has 1 atom stereocenters. The molecule has 0 saturated carbocycles. The lowest BCUT2D eigenvalue weighted by atomic mass is 10.0. The Hall–Kier alpha value is -2.10. The molecule has 29 heavy (non-hydrogen) atoms. The molecule has 4 heteroatoms. The van der Waals surface area contributed by atoms with Crippen molar-refractivity contribution in [2.75, 3.05) is 0 Å². The molecule has 0 fully saturated rings. The Morgan fingerprint density at radius 1 is 0.862 bits per heavy atom. The first-order valence-corrected chi connectivity index (χ1v) is 11.5. The van der Waals surface area contributed by atoms with Crippen molar-refractivity contribution >= 4 is 11.8 Å². The molecule has 1 aromatic carbocycles. The molecule has 0 radical (unpaired) electrons. The molecule has 0 aliphatic rings. The number of allylic oxidation sites excluding steroid dienone is 2. The van der Waals surface area contributed by atoms with Crippen LogP contribution in [-0.2, 0) is 4.79 Å². The maximum Gasteiger partial charge on any atom is 0.251 e. The van der Waals surface area contributed by atoms with Gasteiger partial charge >= 0.3 is 0 Å². The molecule has 162 valence electrons. The number of unbranched alkanes of at least 4 members (excludes halogenated alkanes) is 10. The first kappa shape index (κ1) is 24.9. The number of hydrogen-bond acceptors (Lipinski definition) is 2. The van der Waals surface area contributed by atoms with Gasteiger partial charge in [-0.3, -0.25) is 9.59 Å². The third-order valence-corrected chi connectivity index (χ3v) is 5.19. The summed E-state index contributed by atoms with van der Waals surface area (Å²) in [6.07, 6.45) is 19.9. The second-order valence-electron chi connectivity index (χ2n) is 7.81. The summed E-state index contributed by atoms with van der Waals surface area (Å²) in [4.78, 5) is 23.8. The van der Waals surface area contributed by atoms with E-state index in [2.05, 4.69) is 24.4 Å². The molecule has 1 aromatic rings. The smallest absolute Gasteiger partial charge is 0.251 e. The summed E-state index contributed by atoms with van der Waals surface area (Å²) in [5.74, 6) is -0.711. The molecule has 0 saturated heterocycles. The van der Waals surface area contributed by atoms with Crippen LogP contribution in [0.2, 0.25) is 0 Å². The van der Waals surface area contributed by atoms with Crippen LogP contribution in [0.25, 0.3) is 0 Å². The highest BCUT2D eigenvalue weighted by atomic mass is 16.2. The van der Waals surface area contributed by atoms with Crippen LogP contribution in [-0.4, -0.2) is 17.9 Å². The van der Waals surface area contributed by atoms with Gasteiger partial charge in [0.1, 0.15) is 6.04 Å². The van der Waals surface area contributed by atoms with Crippen molar-refractivity contribution < 1.29 is 9.59 Å². The van der Waals surface area contributed by atoms with Gasteiger partial charge in [-0.05, 0) is 44.2 Å². The molecule has 3 N–H and O–H groups in total. The number of hydrogen-bond donors (Lipinski definition) is 2. The van der Waals surface area contributed by atoms with Crippen LogP contribution in [0.1, 0.15) is 101 Å². The van der Waals surface area contributed by atoms with E-state index in [-0.39, 0.29) is 5.91 Å². The molecular formula is C25H40N2O2. The average molecular weight is 401 g/mol. The predicted molar refractivity (Wildman–Crippen MR) is 122 cm³/mol. The monoisotopic (exact) mass is 400 g/mol. The Morgan fingerprint density at radius 2 is 1.41 bits per heavy atom. The minimum atomic E-state index is -0.597. The van der Waals surface area contributed by atoms with Gasteiger partial charge in [-0.15, -0.1) is 0 Å². The molecular weight excluding hydrogens is 360 g/mol. The molecule has 0 heterocycles. The second kappa shape index (κ2) is 16.8. The third-order valence-electron chi connectivity index (χ3n) is 5.19. The minimum absolute atomic E-state index is 0.245. The van der Waals surface area contributed by atoms with Gasteiger partial charge in [-0.2, -0.15) is 0 Å². The Bertz CT molecular complexity index is 584. The molecule has 2 amide bonds. The van der Waals surface area contributed by atoms with Gasteiger partial charge in [-0.1, -0.05) is 88.6 Å². The van der Waals surface area contributed by atoms with E-state index >= 15 is 0 Å². The zero-order valence-corrected chi connectivity index (χ0v) is 18.2. The van der Waals surface area contributed by atoms with Gasteiger partial charge in [0.25, 0.3) is 5.91 Å². The van der Waals surface area contributed by atoms with Crippen LogP contribution >= 0.6 is 0 Å². The lowest BCUT2D eigenvalue weighted by molar-refractivity contribution is -0.120. The van der Waals surface area contributed by atoms with Crippen LogP contribution < -0.4 is 11.1 Å². The fraction of sp³-hybridized carbons (Fsp3) is 0.600. The van der Waals surface area contributed by atoms with E-state index in [0.717, 1.165) is 25.7 Å². The van der Waals surface area contributed by atoms with Crippen LogP contribution in [0.15, 0.2) is 42.5 Å². The summed E-state index contributed by atoms with van der Waals surface area (Å²) in [7, 11) is 0.